The number of carbonyl (C=O) groups is 1. The minimum atomic E-state index is -0.553. The predicted molar refractivity (Wildman–Crippen MR) is 92.0 cm³/mol. The highest BCUT2D eigenvalue weighted by atomic mass is 35.5. The largest absolute Gasteiger partial charge is 0.360 e. The fourth-order valence-corrected chi connectivity index (χ4v) is 3.33. The molecule has 7 heteroatoms. The van der Waals surface area contributed by atoms with Gasteiger partial charge in [-0.05, 0) is 47.9 Å². The van der Waals surface area contributed by atoms with Crippen LogP contribution in [0.4, 0.5) is 4.39 Å². The van der Waals surface area contributed by atoms with Crippen molar-refractivity contribution in [2.45, 2.75) is 13.3 Å². The maximum atomic E-state index is 14.1. The smallest absolute Gasteiger partial charge is 0.257 e. The van der Waals surface area contributed by atoms with Crippen molar-refractivity contribution in [1.82, 2.24) is 10.5 Å². The van der Waals surface area contributed by atoms with Crippen LogP contribution >= 0.6 is 22.9 Å². The lowest BCUT2D eigenvalue weighted by molar-refractivity contribution is 0.0953. The van der Waals surface area contributed by atoms with Crippen molar-refractivity contribution in [3.05, 3.63) is 62.8 Å². The topological polar surface area (TPSA) is 55.1 Å². The van der Waals surface area contributed by atoms with Gasteiger partial charge in [0, 0.05) is 6.54 Å². The van der Waals surface area contributed by atoms with E-state index in [1.165, 1.54) is 12.1 Å². The lowest BCUT2D eigenvalue weighted by Gasteiger charge is -2.07. The van der Waals surface area contributed by atoms with Crippen molar-refractivity contribution in [1.29, 1.82) is 0 Å². The molecule has 0 saturated carbocycles. The van der Waals surface area contributed by atoms with E-state index in [4.69, 9.17) is 16.1 Å². The highest BCUT2D eigenvalue weighted by Crippen LogP contribution is 2.33. The molecular weight excluding hydrogens is 351 g/mol. The Morgan fingerprint density at radius 3 is 2.96 bits per heavy atom. The zero-order chi connectivity index (χ0) is 17.1. The van der Waals surface area contributed by atoms with Gasteiger partial charge in [-0.25, -0.2) is 4.39 Å². The van der Waals surface area contributed by atoms with Crippen molar-refractivity contribution in [3.8, 4) is 11.3 Å². The molecule has 4 nitrogen and oxygen atoms in total. The Labute approximate surface area is 147 Å². The number of halogens is 2. The monoisotopic (exact) mass is 364 g/mol. The summed E-state index contributed by atoms with van der Waals surface area (Å²) < 4.78 is 19.2. The second-order valence-electron chi connectivity index (χ2n) is 5.20. The van der Waals surface area contributed by atoms with Gasteiger partial charge in [-0.2, -0.15) is 11.3 Å². The van der Waals surface area contributed by atoms with Crippen LogP contribution < -0.4 is 5.32 Å². The highest BCUT2D eigenvalue weighted by Gasteiger charge is 2.25. The van der Waals surface area contributed by atoms with Crippen molar-refractivity contribution in [3.63, 3.8) is 0 Å². The maximum absolute atomic E-state index is 14.1. The van der Waals surface area contributed by atoms with E-state index in [0.717, 1.165) is 12.0 Å². The van der Waals surface area contributed by atoms with Gasteiger partial charge in [0.2, 0.25) is 0 Å². The lowest BCUT2D eigenvalue weighted by atomic mass is 10.0. The fourth-order valence-electron chi connectivity index (χ4n) is 2.38. The van der Waals surface area contributed by atoms with Gasteiger partial charge in [0.25, 0.3) is 5.91 Å². The van der Waals surface area contributed by atoms with Crippen molar-refractivity contribution in [2.75, 3.05) is 6.54 Å². The number of nitrogens with one attached hydrogen (secondary N) is 1. The van der Waals surface area contributed by atoms with Crippen LogP contribution in [0.1, 0.15) is 21.7 Å². The molecule has 0 aliphatic carbocycles. The summed E-state index contributed by atoms with van der Waals surface area (Å²) >= 11 is 7.68. The second kappa shape index (κ2) is 7.15. The minimum Gasteiger partial charge on any atom is -0.360 e. The average molecular weight is 365 g/mol. The van der Waals surface area contributed by atoms with E-state index in [1.54, 1.807) is 24.3 Å². The van der Waals surface area contributed by atoms with E-state index in [9.17, 15) is 9.18 Å². The van der Waals surface area contributed by atoms with Crippen LogP contribution in [-0.4, -0.2) is 17.6 Å². The summed E-state index contributed by atoms with van der Waals surface area (Å²) in [4.78, 5) is 12.5. The molecule has 0 unspecified atom stereocenters. The molecule has 0 fully saturated rings. The number of thiophene rings is 1. The molecule has 124 valence electrons. The summed E-state index contributed by atoms with van der Waals surface area (Å²) in [5, 5.41) is 10.8. The molecule has 0 spiro atoms. The third-order valence-corrected chi connectivity index (χ3v) is 4.62. The molecule has 0 radical (unpaired) electrons. The normalized spacial score (nSPS) is 10.8. The molecular formula is C17H14ClFN2O2S. The van der Waals surface area contributed by atoms with E-state index >= 15 is 0 Å². The van der Waals surface area contributed by atoms with Crippen LogP contribution in [0.2, 0.25) is 5.02 Å². The van der Waals surface area contributed by atoms with Gasteiger partial charge in [-0.1, -0.05) is 22.8 Å². The third-order valence-electron chi connectivity index (χ3n) is 3.57. The van der Waals surface area contributed by atoms with Gasteiger partial charge in [0.1, 0.15) is 22.8 Å². The third kappa shape index (κ3) is 3.34. The Morgan fingerprint density at radius 2 is 2.25 bits per heavy atom. The quantitative estimate of drug-likeness (QED) is 0.726. The predicted octanol–water partition coefficient (Wildman–Crippen LogP) is 4.48. The van der Waals surface area contributed by atoms with Crippen LogP contribution in [-0.2, 0) is 6.42 Å². The molecule has 3 rings (SSSR count). The minimum absolute atomic E-state index is 0.0685. The molecule has 1 N–H and O–H groups in total. The highest BCUT2D eigenvalue weighted by molar-refractivity contribution is 7.07. The van der Waals surface area contributed by atoms with Gasteiger partial charge in [-0.15, -0.1) is 0 Å². The number of nitrogens with zero attached hydrogens (tertiary/aromatic N) is 1. The van der Waals surface area contributed by atoms with Crippen molar-refractivity contribution in [2.24, 2.45) is 0 Å². The Morgan fingerprint density at radius 1 is 1.42 bits per heavy atom. The number of rotatable bonds is 5. The van der Waals surface area contributed by atoms with E-state index in [2.05, 4.69) is 10.5 Å². The van der Waals surface area contributed by atoms with Gasteiger partial charge < -0.3 is 9.84 Å². The molecule has 1 amide bonds. The summed E-state index contributed by atoms with van der Waals surface area (Å²) in [5.74, 6) is -0.598. The molecule has 2 heterocycles. The van der Waals surface area contributed by atoms with Gasteiger partial charge in [-0.3, -0.25) is 4.79 Å². The summed E-state index contributed by atoms with van der Waals surface area (Å²) in [6, 6.07) is 6.31. The molecule has 1 aromatic carbocycles. The van der Waals surface area contributed by atoms with Crippen molar-refractivity contribution >= 4 is 28.8 Å². The molecule has 0 atom stereocenters. The summed E-state index contributed by atoms with van der Waals surface area (Å²) in [6.45, 7) is 2.07. The molecule has 3 aromatic rings. The van der Waals surface area contributed by atoms with Gasteiger partial charge >= 0.3 is 0 Å². The first-order valence-electron chi connectivity index (χ1n) is 7.28. The first kappa shape index (κ1) is 16.7. The number of benzene rings is 1. The SMILES string of the molecule is Cc1onc(-c2c(F)cccc2Cl)c1C(=O)NCCc1ccsc1. The molecule has 2 aromatic heterocycles. The number of hydrogen-bond donors (Lipinski definition) is 1. The van der Waals surface area contributed by atoms with E-state index < -0.39 is 5.82 Å². The van der Waals surface area contributed by atoms with Gasteiger partial charge in [0.05, 0.1) is 10.6 Å². The Balaban J connectivity index is 1.83. The number of hydrogen-bond acceptors (Lipinski definition) is 4. The zero-order valence-corrected chi connectivity index (χ0v) is 14.4. The van der Waals surface area contributed by atoms with E-state index in [-0.39, 0.29) is 27.8 Å². The van der Waals surface area contributed by atoms with E-state index in [1.807, 2.05) is 16.8 Å². The summed E-state index contributed by atoms with van der Waals surface area (Å²) in [5.41, 5.74) is 1.54. The first-order valence-corrected chi connectivity index (χ1v) is 8.60. The zero-order valence-electron chi connectivity index (χ0n) is 12.8. The molecule has 24 heavy (non-hydrogen) atoms. The number of aryl methyl sites for hydroxylation is 1. The van der Waals surface area contributed by atoms with Crippen LogP contribution in [0.3, 0.4) is 0 Å². The Hall–Kier alpha value is -2.18. The Kier molecular flexibility index (Phi) is 4.97. The Bertz CT molecular complexity index is 841. The average Bonchev–Trinajstić information content (AvgIpc) is 3.17. The summed E-state index contributed by atoms with van der Waals surface area (Å²) in [6.07, 6.45) is 0.718. The lowest BCUT2D eigenvalue weighted by Crippen LogP contribution is -2.26. The van der Waals surface area contributed by atoms with Crippen molar-refractivity contribution < 1.29 is 13.7 Å². The summed E-state index contributed by atoms with van der Waals surface area (Å²) in [7, 11) is 0. The molecule has 0 saturated heterocycles. The molecule has 0 aliphatic heterocycles. The molecule has 0 bridgehead atoms. The van der Waals surface area contributed by atoms with Crippen LogP contribution in [0.5, 0.6) is 0 Å². The second-order valence-corrected chi connectivity index (χ2v) is 6.38. The fraction of sp³-hybridized carbons (Fsp3) is 0.176. The molecule has 0 aliphatic rings. The van der Waals surface area contributed by atoms with Crippen LogP contribution in [0.15, 0.2) is 39.5 Å². The number of amides is 1. The standard InChI is InChI=1S/C17H14ClFN2O2S/c1-10-14(17(22)20-7-5-11-6-8-24-9-11)16(21-23-10)15-12(18)3-2-4-13(15)19/h2-4,6,8-9H,5,7H2,1H3,(H,20,22). The van der Waals surface area contributed by atoms with Crippen LogP contribution in [0.25, 0.3) is 11.3 Å². The number of aromatic nitrogens is 1. The maximum Gasteiger partial charge on any atom is 0.257 e. The first-order chi connectivity index (χ1) is 11.6. The van der Waals surface area contributed by atoms with Gasteiger partial charge in [0.15, 0.2) is 0 Å². The van der Waals surface area contributed by atoms with Crippen LogP contribution in [0, 0.1) is 12.7 Å². The number of carbonyl (C=O) groups excluding carboxylic acids is 1. The van der Waals surface area contributed by atoms with E-state index in [0.29, 0.717) is 12.3 Å².